The highest BCUT2D eigenvalue weighted by Crippen LogP contribution is 2.26. The lowest BCUT2D eigenvalue weighted by Gasteiger charge is -2.13. The van der Waals surface area contributed by atoms with Crippen molar-refractivity contribution >= 4 is 38.5 Å². The van der Waals surface area contributed by atoms with Gasteiger partial charge in [0.15, 0.2) is 0 Å². The number of hydrogen-bond acceptors (Lipinski definition) is 5. The molecule has 142 valence electrons. The minimum Gasteiger partial charge on any atom is -0.475 e. The topological polar surface area (TPSA) is 81.2 Å². The number of aromatic nitrogens is 2. The first kappa shape index (κ1) is 19.4. The fourth-order valence-electron chi connectivity index (χ4n) is 2.47. The lowest BCUT2D eigenvalue weighted by molar-refractivity contribution is 0.297. The standard InChI is InChI=1S/C19H20ClN3O3S/c1-2-3-6-13-26-19-18(21-16-7-4-5-8-17(16)22-19)23-27(24,25)15-11-9-14(20)10-12-15/h4-5,7-12H,2-3,6,13H2,1H3,(H,21,23). The van der Waals surface area contributed by atoms with E-state index in [1.165, 1.54) is 24.3 Å². The molecule has 0 aliphatic heterocycles. The molecular formula is C19H20ClN3O3S. The number of anilines is 1. The zero-order valence-corrected chi connectivity index (χ0v) is 16.4. The van der Waals surface area contributed by atoms with Crippen molar-refractivity contribution in [3.63, 3.8) is 0 Å². The van der Waals surface area contributed by atoms with Crippen molar-refractivity contribution in [1.82, 2.24) is 9.97 Å². The Kier molecular flexibility index (Phi) is 6.13. The normalized spacial score (nSPS) is 11.5. The molecule has 3 aromatic rings. The van der Waals surface area contributed by atoms with Crippen molar-refractivity contribution in [1.29, 1.82) is 0 Å². The number of fused-ring (bicyclic) bond motifs is 1. The largest absolute Gasteiger partial charge is 0.475 e. The van der Waals surface area contributed by atoms with Crippen LogP contribution < -0.4 is 9.46 Å². The molecule has 27 heavy (non-hydrogen) atoms. The minimum absolute atomic E-state index is 0.0696. The molecule has 3 rings (SSSR count). The molecule has 0 aliphatic carbocycles. The van der Waals surface area contributed by atoms with Crippen LogP contribution in [0.3, 0.4) is 0 Å². The maximum atomic E-state index is 12.7. The Hall–Kier alpha value is -2.38. The number of para-hydroxylation sites is 2. The highest BCUT2D eigenvalue weighted by atomic mass is 35.5. The SMILES string of the molecule is CCCCCOc1nc2ccccc2nc1NS(=O)(=O)c1ccc(Cl)cc1. The summed E-state index contributed by atoms with van der Waals surface area (Å²) >= 11 is 5.84. The molecule has 2 aromatic carbocycles. The molecule has 0 aliphatic rings. The summed E-state index contributed by atoms with van der Waals surface area (Å²) in [7, 11) is -3.85. The second-order valence-corrected chi connectivity index (χ2v) is 8.10. The highest BCUT2D eigenvalue weighted by Gasteiger charge is 2.19. The van der Waals surface area contributed by atoms with Gasteiger partial charge >= 0.3 is 0 Å². The van der Waals surface area contributed by atoms with Crippen LogP contribution in [0.15, 0.2) is 53.4 Å². The zero-order chi connectivity index (χ0) is 19.3. The molecule has 0 bridgehead atoms. The van der Waals surface area contributed by atoms with Crippen LogP contribution in [0.25, 0.3) is 11.0 Å². The number of unbranched alkanes of at least 4 members (excludes halogenated alkanes) is 2. The maximum Gasteiger partial charge on any atom is 0.263 e. The summed E-state index contributed by atoms with van der Waals surface area (Å²) in [5.41, 5.74) is 1.21. The average molecular weight is 406 g/mol. The van der Waals surface area contributed by atoms with Gasteiger partial charge in [0.1, 0.15) is 0 Å². The molecule has 6 nitrogen and oxygen atoms in total. The molecular weight excluding hydrogens is 386 g/mol. The van der Waals surface area contributed by atoms with E-state index in [9.17, 15) is 8.42 Å². The van der Waals surface area contributed by atoms with Gasteiger partial charge in [-0.25, -0.2) is 18.4 Å². The number of sulfonamides is 1. The highest BCUT2D eigenvalue weighted by molar-refractivity contribution is 7.92. The lowest BCUT2D eigenvalue weighted by atomic mass is 10.3. The van der Waals surface area contributed by atoms with E-state index in [1.54, 1.807) is 12.1 Å². The Balaban J connectivity index is 1.94. The number of rotatable bonds is 8. The number of nitrogens with zero attached hydrogens (tertiary/aromatic N) is 2. The van der Waals surface area contributed by atoms with Gasteiger partial charge < -0.3 is 4.74 Å². The fourth-order valence-corrected chi connectivity index (χ4v) is 3.60. The van der Waals surface area contributed by atoms with E-state index in [4.69, 9.17) is 16.3 Å². The van der Waals surface area contributed by atoms with Crippen molar-refractivity contribution in [3.8, 4) is 5.88 Å². The molecule has 1 N–H and O–H groups in total. The summed E-state index contributed by atoms with van der Waals surface area (Å²) in [6.07, 6.45) is 2.93. The van der Waals surface area contributed by atoms with E-state index in [0.717, 1.165) is 19.3 Å². The van der Waals surface area contributed by atoms with Gasteiger partial charge in [0.05, 0.1) is 22.5 Å². The number of ether oxygens (including phenoxy) is 1. The number of benzene rings is 2. The zero-order valence-electron chi connectivity index (χ0n) is 14.9. The third kappa shape index (κ3) is 4.87. The van der Waals surface area contributed by atoms with Crippen molar-refractivity contribution < 1.29 is 13.2 Å². The minimum atomic E-state index is -3.85. The van der Waals surface area contributed by atoms with Crippen LogP contribution in [-0.4, -0.2) is 25.0 Å². The smallest absolute Gasteiger partial charge is 0.263 e. The third-order valence-electron chi connectivity index (χ3n) is 3.88. The molecule has 0 saturated carbocycles. The summed E-state index contributed by atoms with van der Waals surface area (Å²) in [6.45, 7) is 2.54. The molecule has 1 heterocycles. The summed E-state index contributed by atoms with van der Waals surface area (Å²) in [6, 6.07) is 13.1. The Bertz CT molecular complexity index is 1020. The van der Waals surface area contributed by atoms with Gasteiger partial charge in [-0.15, -0.1) is 0 Å². The molecule has 0 saturated heterocycles. The monoisotopic (exact) mass is 405 g/mol. The second kappa shape index (κ2) is 8.54. The Labute approximate surface area is 163 Å². The lowest BCUT2D eigenvalue weighted by Crippen LogP contribution is -2.16. The number of halogens is 1. The molecule has 8 heteroatoms. The van der Waals surface area contributed by atoms with E-state index < -0.39 is 10.0 Å². The Morgan fingerprint density at radius 2 is 1.67 bits per heavy atom. The predicted molar refractivity (Wildman–Crippen MR) is 107 cm³/mol. The van der Waals surface area contributed by atoms with Crippen LogP contribution in [0.1, 0.15) is 26.2 Å². The second-order valence-electron chi connectivity index (χ2n) is 5.98. The Morgan fingerprint density at radius 3 is 2.33 bits per heavy atom. The van der Waals surface area contributed by atoms with Crippen LogP contribution in [0.5, 0.6) is 5.88 Å². The molecule has 0 unspecified atom stereocenters. The van der Waals surface area contributed by atoms with Gasteiger partial charge in [-0.3, -0.25) is 4.72 Å². The van der Waals surface area contributed by atoms with Gasteiger partial charge in [-0.05, 0) is 42.8 Å². The van der Waals surface area contributed by atoms with Gasteiger partial charge in [-0.2, -0.15) is 0 Å². The molecule has 0 atom stereocenters. The third-order valence-corrected chi connectivity index (χ3v) is 5.49. The van der Waals surface area contributed by atoms with Crippen LogP contribution in [0.2, 0.25) is 5.02 Å². The first-order valence-electron chi connectivity index (χ1n) is 8.67. The van der Waals surface area contributed by atoms with Crippen LogP contribution in [-0.2, 0) is 10.0 Å². The number of nitrogens with one attached hydrogen (secondary N) is 1. The number of hydrogen-bond donors (Lipinski definition) is 1. The summed E-state index contributed by atoms with van der Waals surface area (Å²) < 4.78 is 33.6. The molecule has 0 amide bonds. The van der Waals surface area contributed by atoms with Crippen molar-refractivity contribution in [2.75, 3.05) is 11.3 Å². The first-order valence-corrected chi connectivity index (χ1v) is 10.5. The van der Waals surface area contributed by atoms with E-state index >= 15 is 0 Å². The van der Waals surface area contributed by atoms with Gasteiger partial charge in [0.2, 0.25) is 5.82 Å². The fraction of sp³-hybridized carbons (Fsp3) is 0.263. The van der Waals surface area contributed by atoms with Gasteiger partial charge in [-0.1, -0.05) is 43.5 Å². The Morgan fingerprint density at radius 1 is 1.00 bits per heavy atom. The quantitative estimate of drug-likeness (QED) is 0.551. The van der Waals surface area contributed by atoms with Crippen LogP contribution >= 0.6 is 11.6 Å². The first-order chi connectivity index (χ1) is 13.0. The molecule has 0 fully saturated rings. The summed E-state index contributed by atoms with van der Waals surface area (Å²) in [5.74, 6) is 0.238. The van der Waals surface area contributed by atoms with Crippen molar-refractivity contribution in [3.05, 3.63) is 53.6 Å². The molecule has 0 radical (unpaired) electrons. The van der Waals surface area contributed by atoms with E-state index in [1.807, 2.05) is 12.1 Å². The van der Waals surface area contributed by atoms with E-state index in [-0.39, 0.29) is 16.6 Å². The van der Waals surface area contributed by atoms with E-state index in [2.05, 4.69) is 21.6 Å². The summed E-state index contributed by atoms with van der Waals surface area (Å²) in [4.78, 5) is 8.91. The summed E-state index contributed by atoms with van der Waals surface area (Å²) in [5, 5.41) is 0.458. The van der Waals surface area contributed by atoms with Gasteiger partial charge in [0.25, 0.3) is 15.9 Å². The van der Waals surface area contributed by atoms with Crippen LogP contribution in [0, 0.1) is 0 Å². The van der Waals surface area contributed by atoms with Crippen molar-refractivity contribution in [2.24, 2.45) is 0 Å². The predicted octanol–water partition coefficient (Wildman–Crippen LogP) is 4.65. The molecule has 1 aromatic heterocycles. The van der Waals surface area contributed by atoms with Gasteiger partial charge in [0, 0.05) is 5.02 Å². The van der Waals surface area contributed by atoms with Crippen LogP contribution in [0.4, 0.5) is 5.82 Å². The van der Waals surface area contributed by atoms with E-state index in [0.29, 0.717) is 22.7 Å². The average Bonchev–Trinajstić information content (AvgIpc) is 2.65. The van der Waals surface area contributed by atoms with Crippen molar-refractivity contribution in [2.45, 2.75) is 31.1 Å². The molecule has 0 spiro atoms. The maximum absolute atomic E-state index is 12.7.